The highest BCUT2D eigenvalue weighted by molar-refractivity contribution is 9.10. The summed E-state index contributed by atoms with van der Waals surface area (Å²) in [6.07, 6.45) is 0. The largest absolute Gasteiger partial charge is 0.496 e. The molecule has 4 nitrogen and oxygen atoms in total. The van der Waals surface area contributed by atoms with Gasteiger partial charge in [0, 0.05) is 16.4 Å². The van der Waals surface area contributed by atoms with Crippen molar-refractivity contribution in [3.8, 4) is 5.75 Å². The van der Waals surface area contributed by atoms with Gasteiger partial charge in [-0.25, -0.2) is 0 Å². The van der Waals surface area contributed by atoms with Crippen LogP contribution in [-0.4, -0.2) is 19.6 Å². The summed E-state index contributed by atoms with van der Waals surface area (Å²) in [5.41, 5.74) is 1.49. The van der Waals surface area contributed by atoms with Gasteiger partial charge in [-0.15, -0.1) is 0 Å². The zero-order chi connectivity index (χ0) is 15.2. The van der Waals surface area contributed by atoms with E-state index in [2.05, 4.69) is 26.6 Å². The first-order valence-electron chi connectivity index (χ1n) is 6.21. The van der Waals surface area contributed by atoms with E-state index in [1.807, 2.05) is 18.2 Å². The molecule has 0 radical (unpaired) electrons. The van der Waals surface area contributed by atoms with Crippen molar-refractivity contribution >= 4 is 44.8 Å². The lowest BCUT2D eigenvalue weighted by Crippen LogP contribution is -2.21. The highest BCUT2D eigenvalue weighted by Crippen LogP contribution is 2.27. The summed E-state index contributed by atoms with van der Waals surface area (Å²) < 4.78 is 5.97. The van der Waals surface area contributed by atoms with Gasteiger partial charge >= 0.3 is 0 Å². The summed E-state index contributed by atoms with van der Waals surface area (Å²) in [4.78, 5) is 11.9. The fourth-order valence-electron chi connectivity index (χ4n) is 1.73. The average Bonchev–Trinajstić information content (AvgIpc) is 2.45. The standard InChI is InChI=1S/C15H14BrClN2O2/c1-21-14-6-5-11(8-13(14)16)18-9-15(20)19-12-4-2-3-10(17)7-12/h2-8,18H,9H2,1H3,(H,19,20). The summed E-state index contributed by atoms with van der Waals surface area (Å²) in [5.74, 6) is 0.591. The Balaban J connectivity index is 1.90. The van der Waals surface area contributed by atoms with Crippen molar-refractivity contribution in [2.75, 3.05) is 24.3 Å². The highest BCUT2D eigenvalue weighted by Gasteiger charge is 2.05. The lowest BCUT2D eigenvalue weighted by Gasteiger charge is -2.10. The van der Waals surface area contributed by atoms with Gasteiger partial charge in [-0.2, -0.15) is 0 Å². The Kier molecular flexibility index (Phi) is 5.47. The molecule has 0 fully saturated rings. The Bertz CT molecular complexity index is 649. The third kappa shape index (κ3) is 4.65. The van der Waals surface area contributed by atoms with Gasteiger partial charge in [0.25, 0.3) is 0 Å². The van der Waals surface area contributed by atoms with E-state index < -0.39 is 0 Å². The number of hydrogen-bond donors (Lipinski definition) is 2. The number of ether oxygens (including phenoxy) is 1. The molecule has 6 heteroatoms. The molecule has 2 N–H and O–H groups in total. The van der Waals surface area contributed by atoms with E-state index in [1.54, 1.807) is 31.4 Å². The minimum Gasteiger partial charge on any atom is -0.496 e. The van der Waals surface area contributed by atoms with Crippen LogP contribution in [0.1, 0.15) is 0 Å². The van der Waals surface area contributed by atoms with Crippen molar-refractivity contribution in [2.45, 2.75) is 0 Å². The molecule has 0 aliphatic rings. The Labute approximate surface area is 136 Å². The van der Waals surface area contributed by atoms with Gasteiger partial charge in [0.2, 0.25) is 5.91 Å². The number of rotatable bonds is 5. The van der Waals surface area contributed by atoms with E-state index in [0.29, 0.717) is 10.7 Å². The molecule has 2 rings (SSSR count). The van der Waals surface area contributed by atoms with Crippen LogP contribution in [0.4, 0.5) is 11.4 Å². The van der Waals surface area contributed by atoms with Crippen LogP contribution < -0.4 is 15.4 Å². The minimum atomic E-state index is -0.149. The van der Waals surface area contributed by atoms with Crippen LogP contribution in [0.25, 0.3) is 0 Å². The normalized spacial score (nSPS) is 10.0. The van der Waals surface area contributed by atoms with Gasteiger partial charge in [-0.05, 0) is 52.3 Å². The Hall–Kier alpha value is -1.72. The van der Waals surface area contributed by atoms with Gasteiger partial charge in [0.1, 0.15) is 5.75 Å². The molecule has 2 aromatic rings. The predicted octanol–water partition coefficient (Wildman–Crippen LogP) is 4.16. The first kappa shape index (κ1) is 15.7. The molecule has 0 unspecified atom stereocenters. The monoisotopic (exact) mass is 368 g/mol. The van der Waals surface area contributed by atoms with Crippen molar-refractivity contribution in [2.24, 2.45) is 0 Å². The van der Waals surface area contributed by atoms with Gasteiger partial charge in [0.05, 0.1) is 18.1 Å². The SMILES string of the molecule is COc1ccc(NCC(=O)Nc2cccc(Cl)c2)cc1Br. The Morgan fingerprint density at radius 2 is 2.05 bits per heavy atom. The quantitative estimate of drug-likeness (QED) is 0.832. The van der Waals surface area contributed by atoms with Crippen LogP contribution in [0.2, 0.25) is 5.02 Å². The maximum absolute atomic E-state index is 11.9. The number of methoxy groups -OCH3 is 1. The highest BCUT2D eigenvalue weighted by atomic mass is 79.9. The van der Waals surface area contributed by atoms with Crippen LogP contribution in [0, 0.1) is 0 Å². The molecule has 110 valence electrons. The number of hydrogen-bond acceptors (Lipinski definition) is 3. The smallest absolute Gasteiger partial charge is 0.243 e. The van der Waals surface area contributed by atoms with E-state index in [1.165, 1.54) is 0 Å². The number of anilines is 2. The Morgan fingerprint density at radius 3 is 2.71 bits per heavy atom. The molecule has 0 aliphatic carbocycles. The maximum atomic E-state index is 11.9. The molecule has 0 aliphatic heterocycles. The van der Waals surface area contributed by atoms with Crippen molar-refractivity contribution in [3.05, 3.63) is 52.0 Å². The van der Waals surface area contributed by atoms with Gasteiger partial charge in [-0.3, -0.25) is 4.79 Å². The molecule has 1 amide bonds. The van der Waals surface area contributed by atoms with Crippen molar-refractivity contribution in [1.82, 2.24) is 0 Å². The number of halogens is 2. The van der Waals surface area contributed by atoms with Crippen molar-refractivity contribution < 1.29 is 9.53 Å². The number of nitrogens with one attached hydrogen (secondary N) is 2. The summed E-state index contributed by atoms with van der Waals surface area (Å²) in [6, 6.07) is 12.5. The predicted molar refractivity (Wildman–Crippen MR) is 89.3 cm³/mol. The zero-order valence-electron chi connectivity index (χ0n) is 11.3. The van der Waals surface area contributed by atoms with Gasteiger partial charge in [0.15, 0.2) is 0 Å². The second kappa shape index (κ2) is 7.33. The molecule has 0 spiro atoms. The molecular formula is C15H14BrClN2O2. The second-order valence-corrected chi connectivity index (χ2v) is 5.55. The molecule has 2 aromatic carbocycles. The molecule has 21 heavy (non-hydrogen) atoms. The number of amides is 1. The van der Waals surface area contributed by atoms with Crippen LogP contribution in [0.3, 0.4) is 0 Å². The van der Waals surface area contributed by atoms with E-state index >= 15 is 0 Å². The summed E-state index contributed by atoms with van der Waals surface area (Å²) in [5, 5.41) is 6.39. The van der Waals surface area contributed by atoms with E-state index in [0.717, 1.165) is 15.9 Å². The molecule has 0 aromatic heterocycles. The summed E-state index contributed by atoms with van der Waals surface area (Å²) >= 11 is 9.26. The third-order valence-electron chi connectivity index (χ3n) is 2.71. The molecule has 0 heterocycles. The van der Waals surface area contributed by atoms with Crippen LogP contribution in [-0.2, 0) is 4.79 Å². The Morgan fingerprint density at radius 1 is 1.24 bits per heavy atom. The number of carbonyl (C=O) groups is 1. The van der Waals surface area contributed by atoms with E-state index in [-0.39, 0.29) is 12.5 Å². The average molecular weight is 370 g/mol. The van der Waals surface area contributed by atoms with E-state index in [4.69, 9.17) is 16.3 Å². The lowest BCUT2D eigenvalue weighted by atomic mass is 10.3. The summed E-state index contributed by atoms with van der Waals surface area (Å²) in [7, 11) is 1.60. The maximum Gasteiger partial charge on any atom is 0.243 e. The molecule has 0 atom stereocenters. The molecule has 0 saturated carbocycles. The zero-order valence-corrected chi connectivity index (χ0v) is 13.7. The van der Waals surface area contributed by atoms with Gasteiger partial charge in [-0.1, -0.05) is 17.7 Å². The van der Waals surface area contributed by atoms with Crippen LogP contribution in [0.5, 0.6) is 5.75 Å². The second-order valence-electron chi connectivity index (χ2n) is 4.26. The fraction of sp³-hybridized carbons (Fsp3) is 0.133. The fourth-order valence-corrected chi connectivity index (χ4v) is 2.46. The van der Waals surface area contributed by atoms with Crippen molar-refractivity contribution in [3.63, 3.8) is 0 Å². The van der Waals surface area contributed by atoms with E-state index in [9.17, 15) is 4.79 Å². The molecular weight excluding hydrogens is 356 g/mol. The van der Waals surface area contributed by atoms with Gasteiger partial charge < -0.3 is 15.4 Å². The third-order valence-corrected chi connectivity index (χ3v) is 3.57. The van der Waals surface area contributed by atoms with Crippen molar-refractivity contribution in [1.29, 1.82) is 0 Å². The first-order chi connectivity index (χ1) is 10.1. The number of carbonyl (C=O) groups excluding carboxylic acids is 1. The topological polar surface area (TPSA) is 50.4 Å². The first-order valence-corrected chi connectivity index (χ1v) is 7.38. The molecule has 0 saturated heterocycles. The lowest BCUT2D eigenvalue weighted by molar-refractivity contribution is -0.114. The van der Waals surface area contributed by atoms with Crippen LogP contribution in [0.15, 0.2) is 46.9 Å². The minimum absolute atomic E-state index is 0.149. The summed E-state index contributed by atoms with van der Waals surface area (Å²) in [6.45, 7) is 0.158. The van der Waals surface area contributed by atoms with Crippen LogP contribution >= 0.6 is 27.5 Å². The number of benzene rings is 2. The molecule has 0 bridgehead atoms.